The van der Waals surface area contributed by atoms with Crippen LogP contribution in [-0.2, 0) is 11.8 Å². The average molecular weight is 449 g/mol. The molecule has 26 heavy (non-hydrogen) atoms. The Morgan fingerprint density at radius 3 is 1.31 bits per heavy atom. The SMILES string of the molecule is OC(c1ccc(Br)cc1)(c1ccc(C(F)(F)F)cc1)C(F)(F)C(F)(F)F. The van der Waals surface area contributed by atoms with Crippen molar-refractivity contribution in [2.24, 2.45) is 0 Å². The molecule has 1 unspecified atom stereocenters. The van der Waals surface area contributed by atoms with Gasteiger partial charge in [-0.15, -0.1) is 0 Å². The molecule has 1 atom stereocenters. The molecule has 10 heteroatoms. The van der Waals surface area contributed by atoms with E-state index in [9.17, 15) is 40.2 Å². The summed E-state index contributed by atoms with van der Waals surface area (Å²) in [4.78, 5) is 0. The van der Waals surface area contributed by atoms with Crippen LogP contribution in [0.25, 0.3) is 0 Å². The van der Waals surface area contributed by atoms with Gasteiger partial charge < -0.3 is 5.11 Å². The van der Waals surface area contributed by atoms with Gasteiger partial charge in [-0.05, 0) is 35.4 Å². The number of benzene rings is 2. The molecule has 2 rings (SSSR count). The summed E-state index contributed by atoms with van der Waals surface area (Å²) in [5.74, 6) is -5.67. The van der Waals surface area contributed by atoms with Crippen molar-refractivity contribution in [2.45, 2.75) is 23.9 Å². The van der Waals surface area contributed by atoms with Crippen molar-refractivity contribution in [2.75, 3.05) is 0 Å². The highest BCUT2D eigenvalue weighted by Crippen LogP contribution is 2.52. The van der Waals surface area contributed by atoms with Crippen LogP contribution in [0.3, 0.4) is 0 Å². The normalized spacial score (nSPS) is 15.6. The molecule has 0 fully saturated rings. The summed E-state index contributed by atoms with van der Waals surface area (Å²) >= 11 is 2.97. The van der Waals surface area contributed by atoms with Gasteiger partial charge in [0.05, 0.1) is 5.56 Å². The molecule has 0 heterocycles. The van der Waals surface area contributed by atoms with Crippen molar-refractivity contribution < 1.29 is 40.2 Å². The van der Waals surface area contributed by atoms with E-state index in [2.05, 4.69) is 15.9 Å². The molecule has 0 spiro atoms. The van der Waals surface area contributed by atoms with Crippen LogP contribution in [0.4, 0.5) is 35.1 Å². The second-order valence-electron chi connectivity index (χ2n) is 5.36. The zero-order valence-corrected chi connectivity index (χ0v) is 14.1. The lowest BCUT2D eigenvalue weighted by atomic mass is 9.80. The van der Waals surface area contributed by atoms with Gasteiger partial charge in [-0.25, -0.2) is 0 Å². The fraction of sp³-hybridized carbons (Fsp3) is 0.250. The van der Waals surface area contributed by atoms with Crippen LogP contribution >= 0.6 is 15.9 Å². The van der Waals surface area contributed by atoms with Gasteiger partial charge in [0.1, 0.15) is 0 Å². The second-order valence-corrected chi connectivity index (χ2v) is 6.28. The van der Waals surface area contributed by atoms with E-state index in [1.807, 2.05) is 0 Å². The molecule has 0 amide bonds. The Kier molecular flexibility index (Phi) is 5.15. The van der Waals surface area contributed by atoms with E-state index in [1.165, 1.54) is 0 Å². The summed E-state index contributed by atoms with van der Waals surface area (Å²) in [7, 11) is 0. The van der Waals surface area contributed by atoms with E-state index in [0.717, 1.165) is 24.3 Å². The third-order valence-corrected chi connectivity index (χ3v) is 4.23. The minimum absolute atomic E-state index is 0.325. The van der Waals surface area contributed by atoms with Crippen molar-refractivity contribution >= 4 is 15.9 Å². The fourth-order valence-corrected chi connectivity index (χ4v) is 2.59. The first kappa shape index (κ1) is 20.6. The number of hydrogen-bond acceptors (Lipinski definition) is 1. The topological polar surface area (TPSA) is 20.2 Å². The van der Waals surface area contributed by atoms with E-state index in [1.54, 1.807) is 0 Å². The zero-order chi connectivity index (χ0) is 20.0. The molecule has 142 valence electrons. The summed E-state index contributed by atoms with van der Waals surface area (Å²) < 4.78 is 105. The zero-order valence-electron chi connectivity index (χ0n) is 12.5. The number of halogens is 9. The van der Waals surface area contributed by atoms with Crippen LogP contribution in [0.1, 0.15) is 16.7 Å². The molecular formula is C16H9BrF8O. The van der Waals surface area contributed by atoms with Crippen LogP contribution in [0, 0.1) is 0 Å². The van der Waals surface area contributed by atoms with Gasteiger partial charge in [-0.2, -0.15) is 35.1 Å². The Morgan fingerprint density at radius 2 is 0.962 bits per heavy atom. The van der Waals surface area contributed by atoms with Gasteiger partial charge >= 0.3 is 18.3 Å². The molecule has 0 aromatic heterocycles. The predicted octanol–water partition coefficient (Wildman–Crippen LogP) is 5.90. The molecule has 0 saturated carbocycles. The third kappa shape index (κ3) is 3.44. The first-order valence-electron chi connectivity index (χ1n) is 6.82. The standard InChI is InChI=1S/C16H9BrF8O/c17-12-7-5-10(6-8-12)13(26,15(21,22)16(23,24)25)9-1-3-11(4-2-9)14(18,19)20/h1-8,26H. The van der Waals surface area contributed by atoms with E-state index in [4.69, 9.17) is 0 Å². The quantitative estimate of drug-likeness (QED) is 0.579. The Bertz CT molecular complexity index is 765. The summed E-state index contributed by atoms with van der Waals surface area (Å²) in [6.07, 6.45) is -11.0. The summed E-state index contributed by atoms with van der Waals surface area (Å²) in [6.45, 7) is 0. The molecule has 0 bridgehead atoms. The van der Waals surface area contributed by atoms with Crippen molar-refractivity contribution in [3.8, 4) is 0 Å². The highest BCUT2D eigenvalue weighted by Gasteiger charge is 2.71. The number of hydrogen-bond donors (Lipinski definition) is 1. The van der Waals surface area contributed by atoms with Crippen LogP contribution < -0.4 is 0 Å². The molecule has 2 aromatic rings. The maximum Gasteiger partial charge on any atom is 0.457 e. The van der Waals surface area contributed by atoms with Gasteiger partial charge in [-0.3, -0.25) is 0 Å². The first-order chi connectivity index (χ1) is 11.7. The summed E-state index contributed by atoms with van der Waals surface area (Å²) in [5, 5.41) is 10.4. The molecule has 0 saturated heterocycles. The van der Waals surface area contributed by atoms with Gasteiger partial charge in [-0.1, -0.05) is 40.2 Å². The highest BCUT2D eigenvalue weighted by atomic mass is 79.9. The maximum atomic E-state index is 14.2. The van der Waals surface area contributed by atoms with Gasteiger partial charge in [0, 0.05) is 4.47 Å². The van der Waals surface area contributed by atoms with E-state index in [0.29, 0.717) is 28.7 Å². The van der Waals surface area contributed by atoms with Crippen molar-refractivity contribution in [3.05, 3.63) is 69.7 Å². The lowest BCUT2D eigenvalue weighted by Crippen LogP contribution is -2.55. The number of rotatable bonds is 3. The van der Waals surface area contributed by atoms with Gasteiger partial charge in [0.15, 0.2) is 5.60 Å². The molecule has 1 nitrogen and oxygen atoms in total. The Labute approximate surface area is 150 Å². The number of aliphatic hydroxyl groups is 1. The van der Waals surface area contributed by atoms with Crippen molar-refractivity contribution in [3.63, 3.8) is 0 Å². The van der Waals surface area contributed by atoms with Crippen molar-refractivity contribution in [1.82, 2.24) is 0 Å². The third-order valence-electron chi connectivity index (χ3n) is 3.70. The maximum absolute atomic E-state index is 14.2. The minimum Gasteiger partial charge on any atom is -0.374 e. The van der Waals surface area contributed by atoms with E-state index < -0.39 is 40.6 Å². The smallest absolute Gasteiger partial charge is 0.374 e. The molecule has 0 radical (unpaired) electrons. The summed E-state index contributed by atoms with van der Waals surface area (Å²) in [6, 6.07) is 5.32. The molecule has 0 aliphatic heterocycles. The van der Waals surface area contributed by atoms with E-state index >= 15 is 0 Å². The number of alkyl halides is 8. The second kappa shape index (κ2) is 6.49. The first-order valence-corrected chi connectivity index (χ1v) is 7.61. The fourth-order valence-electron chi connectivity index (χ4n) is 2.33. The Hall–Kier alpha value is -1.68. The van der Waals surface area contributed by atoms with Crippen molar-refractivity contribution in [1.29, 1.82) is 0 Å². The average Bonchev–Trinajstić information content (AvgIpc) is 2.53. The molecule has 1 N–H and O–H groups in total. The largest absolute Gasteiger partial charge is 0.457 e. The van der Waals surface area contributed by atoms with Gasteiger partial charge in [0.25, 0.3) is 0 Å². The molecule has 0 aliphatic rings. The lowest BCUT2D eigenvalue weighted by Gasteiger charge is -2.37. The van der Waals surface area contributed by atoms with E-state index in [-0.39, 0.29) is 0 Å². The summed E-state index contributed by atoms with van der Waals surface area (Å²) in [5.41, 5.74) is -7.04. The lowest BCUT2D eigenvalue weighted by molar-refractivity contribution is -0.336. The Balaban J connectivity index is 2.71. The molecular weight excluding hydrogens is 440 g/mol. The van der Waals surface area contributed by atoms with Crippen LogP contribution in [0.15, 0.2) is 53.0 Å². The van der Waals surface area contributed by atoms with Crippen LogP contribution in [0.2, 0.25) is 0 Å². The molecule has 2 aromatic carbocycles. The van der Waals surface area contributed by atoms with Crippen LogP contribution in [0.5, 0.6) is 0 Å². The molecule has 0 aliphatic carbocycles. The van der Waals surface area contributed by atoms with Gasteiger partial charge in [0.2, 0.25) is 0 Å². The Morgan fingerprint density at radius 1 is 0.615 bits per heavy atom. The monoisotopic (exact) mass is 448 g/mol. The highest BCUT2D eigenvalue weighted by molar-refractivity contribution is 9.10. The predicted molar refractivity (Wildman–Crippen MR) is 79.6 cm³/mol. The minimum atomic E-state index is -6.16. The van der Waals surface area contributed by atoms with Crippen LogP contribution in [-0.4, -0.2) is 17.2 Å².